The van der Waals surface area contributed by atoms with Crippen molar-refractivity contribution in [2.75, 3.05) is 13.7 Å². The Morgan fingerprint density at radius 1 is 1.22 bits per heavy atom. The molecular weight excluding hydrogens is 364 g/mol. The second-order valence-electron chi connectivity index (χ2n) is 10.0. The second-order valence-corrected chi connectivity index (χ2v) is 14.8. The standard InChI is InChI=1S/C20H40O6Si/c1-13(16-20(8,12-21)26-19(6,7)24-16)15(14(2)17(22)23-9)25-27(10,11)18(3,4)5/h13-16,21H,12H2,1-11H3/t13-,14+,15-,16+,20+/m0/s1. The van der Waals surface area contributed by atoms with Gasteiger partial charge in [0.05, 0.1) is 31.8 Å². The van der Waals surface area contributed by atoms with Crippen LogP contribution >= 0.6 is 0 Å². The van der Waals surface area contributed by atoms with Crippen LogP contribution in [-0.4, -0.2) is 56.7 Å². The van der Waals surface area contributed by atoms with Crippen LogP contribution < -0.4 is 0 Å². The summed E-state index contributed by atoms with van der Waals surface area (Å²) in [6, 6.07) is 0. The summed E-state index contributed by atoms with van der Waals surface area (Å²) >= 11 is 0. The fraction of sp³-hybridized carbons (Fsp3) is 0.950. The van der Waals surface area contributed by atoms with E-state index in [4.69, 9.17) is 18.6 Å². The van der Waals surface area contributed by atoms with Crippen molar-refractivity contribution in [1.29, 1.82) is 0 Å². The van der Waals surface area contributed by atoms with Gasteiger partial charge in [-0.2, -0.15) is 0 Å². The number of hydrogen-bond acceptors (Lipinski definition) is 6. The van der Waals surface area contributed by atoms with Crippen LogP contribution in [0.3, 0.4) is 0 Å². The summed E-state index contributed by atoms with van der Waals surface area (Å²) in [4.78, 5) is 12.4. The fourth-order valence-electron chi connectivity index (χ4n) is 3.53. The number of aliphatic hydroxyl groups excluding tert-OH is 1. The van der Waals surface area contributed by atoms with Crippen LogP contribution in [0.1, 0.15) is 55.4 Å². The van der Waals surface area contributed by atoms with Gasteiger partial charge in [-0.25, -0.2) is 0 Å². The molecule has 1 saturated heterocycles. The topological polar surface area (TPSA) is 74.2 Å². The first kappa shape index (κ1) is 24.6. The lowest BCUT2D eigenvalue weighted by Gasteiger charge is -2.44. The minimum Gasteiger partial charge on any atom is -0.469 e. The molecule has 0 aromatic carbocycles. The van der Waals surface area contributed by atoms with Gasteiger partial charge < -0.3 is 23.7 Å². The molecule has 0 unspecified atom stereocenters. The zero-order chi connectivity index (χ0) is 21.4. The van der Waals surface area contributed by atoms with Crippen molar-refractivity contribution in [2.24, 2.45) is 11.8 Å². The number of aliphatic hydroxyl groups is 1. The molecule has 0 amide bonds. The van der Waals surface area contributed by atoms with Crippen molar-refractivity contribution < 1.29 is 28.5 Å². The highest BCUT2D eigenvalue weighted by molar-refractivity contribution is 6.74. The van der Waals surface area contributed by atoms with Crippen molar-refractivity contribution in [3.63, 3.8) is 0 Å². The number of rotatable bonds is 7. The first-order valence-electron chi connectivity index (χ1n) is 9.76. The van der Waals surface area contributed by atoms with Crippen LogP contribution in [0.25, 0.3) is 0 Å². The van der Waals surface area contributed by atoms with Gasteiger partial charge in [0.1, 0.15) is 5.60 Å². The van der Waals surface area contributed by atoms with E-state index < -0.39 is 37.8 Å². The van der Waals surface area contributed by atoms with E-state index in [1.54, 1.807) is 0 Å². The van der Waals surface area contributed by atoms with Crippen LogP contribution in [0.15, 0.2) is 0 Å². The van der Waals surface area contributed by atoms with Gasteiger partial charge >= 0.3 is 5.97 Å². The average Bonchev–Trinajstić information content (AvgIpc) is 2.79. The number of hydrogen-bond donors (Lipinski definition) is 1. The molecule has 0 aromatic heterocycles. The molecule has 1 aliphatic rings. The van der Waals surface area contributed by atoms with E-state index in [1.807, 2.05) is 34.6 Å². The molecule has 1 heterocycles. The summed E-state index contributed by atoms with van der Waals surface area (Å²) in [5.74, 6) is -1.78. The van der Waals surface area contributed by atoms with E-state index in [9.17, 15) is 9.90 Å². The monoisotopic (exact) mass is 404 g/mol. The minimum absolute atomic E-state index is 0.00655. The molecule has 160 valence electrons. The first-order chi connectivity index (χ1) is 12.0. The summed E-state index contributed by atoms with van der Waals surface area (Å²) in [6.45, 7) is 20.0. The number of ether oxygens (including phenoxy) is 3. The molecule has 1 N–H and O–H groups in total. The van der Waals surface area contributed by atoms with Gasteiger partial charge in [-0.3, -0.25) is 4.79 Å². The van der Waals surface area contributed by atoms with E-state index in [0.717, 1.165) is 0 Å². The van der Waals surface area contributed by atoms with Gasteiger partial charge in [-0.05, 0) is 45.8 Å². The third-order valence-electron chi connectivity index (χ3n) is 6.10. The molecular formula is C20H40O6Si. The summed E-state index contributed by atoms with van der Waals surface area (Å²) < 4.78 is 23.9. The highest BCUT2D eigenvalue weighted by atomic mass is 28.4. The summed E-state index contributed by atoms with van der Waals surface area (Å²) in [5, 5.41) is 9.98. The van der Waals surface area contributed by atoms with Crippen molar-refractivity contribution >= 4 is 14.3 Å². The zero-order valence-electron chi connectivity index (χ0n) is 19.0. The fourth-order valence-corrected chi connectivity index (χ4v) is 4.99. The molecule has 0 aliphatic carbocycles. The predicted octanol–water partition coefficient (Wildman–Crippen LogP) is 3.72. The number of methoxy groups -OCH3 is 1. The second kappa shape index (κ2) is 8.11. The Balaban J connectivity index is 3.28. The summed E-state index contributed by atoms with van der Waals surface area (Å²) in [7, 11) is -0.770. The first-order valence-corrected chi connectivity index (χ1v) is 12.7. The van der Waals surface area contributed by atoms with E-state index in [0.29, 0.717) is 0 Å². The van der Waals surface area contributed by atoms with Crippen LogP contribution in [-0.2, 0) is 23.4 Å². The highest BCUT2D eigenvalue weighted by Gasteiger charge is 2.55. The Hall–Kier alpha value is -0.473. The Labute approximate surface area is 166 Å². The average molecular weight is 405 g/mol. The van der Waals surface area contributed by atoms with Crippen LogP contribution in [0.4, 0.5) is 0 Å². The third kappa shape index (κ3) is 5.32. The molecule has 1 aliphatic heterocycles. The molecule has 0 aromatic rings. The molecule has 0 spiro atoms. The normalized spacial score (nSPS) is 29.3. The lowest BCUT2D eigenvalue weighted by atomic mass is 9.82. The Morgan fingerprint density at radius 2 is 1.74 bits per heavy atom. The third-order valence-corrected chi connectivity index (χ3v) is 10.6. The maximum absolute atomic E-state index is 12.4. The van der Waals surface area contributed by atoms with Gasteiger partial charge in [0, 0.05) is 5.92 Å². The van der Waals surface area contributed by atoms with E-state index in [2.05, 4.69) is 33.9 Å². The van der Waals surface area contributed by atoms with E-state index in [1.165, 1.54) is 7.11 Å². The molecule has 0 radical (unpaired) electrons. The van der Waals surface area contributed by atoms with Crippen molar-refractivity contribution in [3.05, 3.63) is 0 Å². The van der Waals surface area contributed by atoms with E-state index in [-0.39, 0.29) is 23.5 Å². The molecule has 27 heavy (non-hydrogen) atoms. The molecule has 7 heteroatoms. The lowest BCUT2D eigenvalue weighted by Crippen LogP contribution is -2.54. The summed E-state index contributed by atoms with van der Waals surface area (Å²) in [6.07, 6.45) is -0.828. The molecule has 0 saturated carbocycles. The highest BCUT2D eigenvalue weighted by Crippen LogP contribution is 2.44. The Kier molecular flexibility index (Phi) is 7.37. The van der Waals surface area contributed by atoms with Gasteiger partial charge in [-0.15, -0.1) is 0 Å². The van der Waals surface area contributed by atoms with Gasteiger partial charge in [0.25, 0.3) is 0 Å². The number of esters is 1. The SMILES string of the molecule is COC(=O)[C@H](C)[C@@H](O[Si](C)(C)C(C)(C)C)[C@H](C)[C@H]1OC(C)(C)O[C@]1(C)CO. The molecule has 0 bridgehead atoms. The van der Waals surface area contributed by atoms with Crippen molar-refractivity contribution in [2.45, 2.75) is 97.1 Å². The smallest absolute Gasteiger partial charge is 0.310 e. The zero-order valence-corrected chi connectivity index (χ0v) is 20.0. The molecule has 1 fully saturated rings. The number of carbonyl (C=O) groups excluding carboxylic acids is 1. The largest absolute Gasteiger partial charge is 0.469 e. The van der Waals surface area contributed by atoms with Crippen molar-refractivity contribution in [3.8, 4) is 0 Å². The maximum atomic E-state index is 12.4. The maximum Gasteiger partial charge on any atom is 0.310 e. The van der Waals surface area contributed by atoms with Crippen LogP contribution in [0.2, 0.25) is 18.1 Å². The molecule has 6 nitrogen and oxygen atoms in total. The van der Waals surface area contributed by atoms with Crippen LogP contribution in [0.5, 0.6) is 0 Å². The molecule has 5 atom stereocenters. The minimum atomic E-state index is -2.16. The number of carbonyl (C=O) groups is 1. The van der Waals surface area contributed by atoms with Gasteiger partial charge in [-0.1, -0.05) is 27.7 Å². The molecule has 1 rings (SSSR count). The van der Waals surface area contributed by atoms with Gasteiger partial charge in [0.15, 0.2) is 14.1 Å². The quantitative estimate of drug-likeness (QED) is 0.515. The van der Waals surface area contributed by atoms with Crippen LogP contribution in [0, 0.1) is 11.8 Å². The van der Waals surface area contributed by atoms with Crippen molar-refractivity contribution in [1.82, 2.24) is 0 Å². The van der Waals surface area contributed by atoms with Gasteiger partial charge in [0.2, 0.25) is 0 Å². The predicted molar refractivity (Wildman–Crippen MR) is 108 cm³/mol. The summed E-state index contributed by atoms with van der Waals surface area (Å²) in [5.41, 5.74) is -0.867. The Morgan fingerprint density at radius 3 is 2.15 bits per heavy atom. The van der Waals surface area contributed by atoms with E-state index >= 15 is 0 Å². The Bertz CT molecular complexity index is 527. The lowest BCUT2D eigenvalue weighted by molar-refractivity contribution is -0.168.